The number of dihydropyridines is 2. The topological polar surface area (TPSA) is 69.6 Å². The van der Waals surface area contributed by atoms with Crippen LogP contribution in [0.3, 0.4) is 0 Å². The van der Waals surface area contributed by atoms with Gasteiger partial charge in [-0.2, -0.15) is 0 Å². The highest BCUT2D eigenvalue weighted by Crippen LogP contribution is 2.43. The van der Waals surface area contributed by atoms with Gasteiger partial charge in [-0.15, -0.1) is 0 Å². The van der Waals surface area contributed by atoms with Gasteiger partial charge in [0.1, 0.15) is 24.0 Å². The van der Waals surface area contributed by atoms with Gasteiger partial charge in [0.15, 0.2) is 0 Å². The van der Waals surface area contributed by atoms with Gasteiger partial charge in [-0.3, -0.25) is 9.13 Å². The van der Waals surface area contributed by atoms with Crippen LogP contribution in [-0.2, 0) is 0 Å². The van der Waals surface area contributed by atoms with Crippen molar-refractivity contribution >= 4 is 87.2 Å². The number of nitrogens with zero attached hydrogens (tertiary/aromatic N) is 6. The SMILES string of the molecule is C1=CC(n2c3ccccc3c3ccccc32)NC(C2=CC=CC(n3c4ccccc4c4c5c6ccccc6n(-c6cccc(-c7cccc(-n8c9ccccc9c9ccccc98)n7)n6)c5ccc43)N2)=C1. The zero-order valence-corrected chi connectivity index (χ0v) is 37.8. The number of allylic oxidation sites excluding steroid dienone is 4. The van der Waals surface area contributed by atoms with E-state index in [9.17, 15) is 0 Å². The highest BCUT2D eigenvalue weighted by atomic mass is 15.2. The quantitative estimate of drug-likeness (QED) is 0.174. The molecule has 0 bridgehead atoms. The molecule has 7 aromatic carbocycles. The van der Waals surface area contributed by atoms with Crippen LogP contribution in [0.4, 0.5) is 0 Å². The van der Waals surface area contributed by atoms with Crippen molar-refractivity contribution in [3.05, 3.63) is 242 Å². The first-order valence-corrected chi connectivity index (χ1v) is 23.9. The predicted octanol–water partition coefficient (Wildman–Crippen LogP) is 14.3. The third kappa shape index (κ3) is 5.64. The fourth-order valence-corrected chi connectivity index (χ4v) is 11.6. The van der Waals surface area contributed by atoms with E-state index in [1.807, 2.05) is 0 Å². The monoisotopic (exact) mass is 898 g/mol. The largest absolute Gasteiger partial charge is 0.360 e. The average molecular weight is 899 g/mol. The first-order chi connectivity index (χ1) is 34.7. The number of para-hydroxylation sites is 6. The molecule has 0 amide bonds. The maximum absolute atomic E-state index is 5.40. The van der Waals surface area contributed by atoms with Crippen LogP contribution < -0.4 is 10.6 Å². The lowest BCUT2D eigenvalue weighted by Crippen LogP contribution is -2.34. The Morgan fingerprint density at radius 1 is 0.314 bits per heavy atom. The molecule has 0 saturated carbocycles. The van der Waals surface area contributed by atoms with E-state index in [4.69, 9.17) is 9.97 Å². The smallest absolute Gasteiger partial charge is 0.138 e. The number of benzene rings is 7. The summed E-state index contributed by atoms with van der Waals surface area (Å²) in [7, 11) is 0. The third-order valence-corrected chi connectivity index (χ3v) is 14.5. The number of hydrogen-bond acceptors (Lipinski definition) is 4. The Balaban J connectivity index is 0.820. The minimum atomic E-state index is -0.155. The van der Waals surface area contributed by atoms with Crippen LogP contribution in [0.2, 0.25) is 0 Å². The predicted molar refractivity (Wildman–Crippen MR) is 287 cm³/mol. The van der Waals surface area contributed by atoms with Crippen LogP contribution >= 0.6 is 0 Å². The van der Waals surface area contributed by atoms with Gasteiger partial charge in [0.2, 0.25) is 0 Å². The third-order valence-electron chi connectivity index (χ3n) is 14.5. The molecule has 2 N–H and O–H groups in total. The van der Waals surface area contributed by atoms with E-state index >= 15 is 0 Å². The molecule has 15 rings (SSSR count). The Hall–Kier alpha value is -9.40. The molecule has 2 atom stereocenters. The van der Waals surface area contributed by atoms with Crippen LogP contribution in [0.1, 0.15) is 12.3 Å². The number of pyridine rings is 2. The summed E-state index contributed by atoms with van der Waals surface area (Å²) in [4.78, 5) is 10.7. The summed E-state index contributed by atoms with van der Waals surface area (Å²) in [6.45, 7) is 0. The normalized spacial score (nSPS) is 16.0. The van der Waals surface area contributed by atoms with Gasteiger partial charge in [-0.1, -0.05) is 133 Å². The van der Waals surface area contributed by atoms with Crippen molar-refractivity contribution in [1.29, 1.82) is 0 Å². The lowest BCUT2D eigenvalue weighted by molar-refractivity contribution is 0.520. The molecule has 330 valence electrons. The van der Waals surface area contributed by atoms with Crippen LogP contribution in [0.5, 0.6) is 0 Å². The molecule has 2 unspecified atom stereocenters. The summed E-state index contributed by atoms with van der Waals surface area (Å²) < 4.78 is 9.44. The van der Waals surface area contributed by atoms with Crippen molar-refractivity contribution < 1.29 is 0 Å². The number of nitrogens with one attached hydrogen (secondary N) is 2. The molecular formula is C62H42N8. The van der Waals surface area contributed by atoms with Crippen molar-refractivity contribution in [1.82, 2.24) is 38.9 Å². The van der Waals surface area contributed by atoms with Crippen molar-refractivity contribution in [2.75, 3.05) is 0 Å². The molecule has 0 radical (unpaired) electrons. The Bertz CT molecular complexity index is 4350. The molecule has 8 heterocycles. The first-order valence-electron chi connectivity index (χ1n) is 23.9. The maximum atomic E-state index is 5.40. The van der Waals surface area contributed by atoms with E-state index in [1.54, 1.807) is 0 Å². The molecule has 8 heteroatoms. The van der Waals surface area contributed by atoms with Gasteiger partial charge in [0, 0.05) is 43.1 Å². The number of rotatable bonds is 6. The van der Waals surface area contributed by atoms with Crippen molar-refractivity contribution in [3.63, 3.8) is 0 Å². The van der Waals surface area contributed by atoms with Gasteiger partial charge in [0.05, 0.1) is 66.9 Å². The molecule has 8 nitrogen and oxygen atoms in total. The van der Waals surface area contributed by atoms with E-state index in [-0.39, 0.29) is 12.3 Å². The van der Waals surface area contributed by atoms with Crippen molar-refractivity contribution in [3.8, 4) is 23.0 Å². The number of hydrogen-bond donors (Lipinski definition) is 2. The molecule has 0 aliphatic carbocycles. The van der Waals surface area contributed by atoms with Crippen molar-refractivity contribution in [2.24, 2.45) is 0 Å². The molecule has 6 aromatic heterocycles. The highest BCUT2D eigenvalue weighted by molar-refractivity contribution is 6.28. The van der Waals surface area contributed by atoms with Crippen molar-refractivity contribution in [2.45, 2.75) is 12.3 Å². The van der Waals surface area contributed by atoms with Crippen LogP contribution in [0.15, 0.2) is 242 Å². The Morgan fingerprint density at radius 2 is 0.671 bits per heavy atom. The Labute approximate surface area is 401 Å². The molecule has 2 aliphatic heterocycles. The van der Waals surface area contributed by atoms with E-state index in [1.165, 1.54) is 54.1 Å². The van der Waals surface area contributed by atoms with Gasteiger partial charge < -0.3 is 19.8 Å². The van der Waals surface area contributed by atoms with E-state index in [0.29, 0.717) is 0 Å². The summed E-state index contributed by atoms with van der Waals surface area (Å²) >= 11 is 0. The summed E-state index contributed by atoms with van der Waals surface area (Å²) in [6, 6.07) is 69.1. The second kappa shape index (κ2) is 15.1. The lowest BCUT2D eigenvalue weighted by atomic mass is 10.1. The Morgan fingerprint density at radius 3 is 1.19 bits per heavy atom. The highest BCUT2D eigenvalue weighted by Gasteiger charge is 2.26. The zero-order chi connectivity index (χ0) is 45.9. The minimum Gasteiger partial charge on any atom is -0.360 e. The second-order valence-corrected chi connectivity index (χ2v) is 18.2. The maximum Gasteiger partial charge on any atom is 0.138 e. The van der Waals surface area contributed by atoms with Gasteiger partial charge in [-0.05, 0) is 97.1 Å². The molecule has 0 spiro atoms. The summed E-state index contributed by atoms with van der Waals surface area (Å²) in [5.74, 6) is 1.69. The second-order valence-electron chi connectivity index (χ2n) is 18.2. The molecule has 13 aromatic rings. The van der Waals surface area contributed by atoms with E-state index in [0.717, 1.165) is 67.5 Å². The van der Waals surface area contributed by atoms with Crippen LogP contribution in [0, 0.1) is 0 Å². The molecule has 70 heavy (non-hydrogen) atoms. The lowest BCUT2D eigenvalue weighted by Gasteiger charge is -2.30. The zero-order valence-electron chi connectivity index (χ0n) is 37.8. The Kier molecular flexibility index (Phi) is 8.32. The van der Waals surface area contributed by atoms with E-state index in [2.05, 4.69) is 259 Å². The molecular weight excluding hydrogens is 857 g/mol. The number of fused-ring (bicyclic) bond motifs is 13. The standard InChI is InChI=1S/C62H42N8/c1-7-27-49-39(17-1)40-18-2-8-28-50(40)67(49)57-33-13-23-45(63-57)47-25-15-35-59(65-47)69-53-31-11-5-21-43(53)61-55(69)37-38-56-62(61)44-22-6-12-32-54(44)70(56)60-36-16-26-48(66-60)46-24-14-34-58(64-46)68-51-29-9-3-19-41(51)42-20-4-10-30-52(42)68/h1-38,57,59,63,65H. The molecule has 2 aliphatic rings. The summed E-state index contributed by atoms with van der Waals surface area (Å²) in [5.41, 5.74) is 12.9. The van der Waals surface area contributed by atoms with Crippen LogP contribution in [0.25, 0.3) is 110 Å². The van der Waals surface area contributed by atoms with E-state index < -0.39 is 0 Å². The molecule has 0 saturated heterocycles. The van der Waals surface area contributed by atoms with Gasteiger partial charge in [0.25, 0.3) is 0 Å². The summed E-state index contributed by atoms with van der Waals surface area (Å²) in [6.07, 6.45) is 13.0. The van der Waals surface area contributed by atoms with Crippen LogP contribution in [-0.4, -0.2) is 28.2 Å². The fourth-order valence-electron chi connectivity index (χ4n) is 11.6. The van der Waals surface area contributed by atoms with Gasteiger partial charge in [-0.25, -0.2) is 9.97 Å². The first kappa shape index (κ1) is 38.7. The average Bonchev–Trinajstić information content (AvgIpc) is 4.16. The molecule has 0 fully saturated rings. The number of aromatic nitrogens is 6. The summed E-state index contributed by atoms with van der Waals surface area (Å²) in [5, 5.41) is 17.6. The fraction of sp³-hybridized carbons (Fsp3) is 0.0323. The minimum absolute atomic E-state index is 0.0708. The van der Waals surface area contributed by atoms with Gasteiger partial charge >= 0.3 is 0 Å².